The van der Waals surface area contributed by atoms with Gasteiger partial charge in [0.25, 0.3) is 0 Å². The molecule has 2 rings (SSSR count). The van der Waals surface area contributed by atoms with Crippen LogP contribution in [0.1, 0.15) is 44.1 Å². The van der Waals surface area contributed by atoms with E-state index in [0.717, 1.165) is 38.5 Å². The first-order valence-electron chi connectivity index (χ1n) is 8.27. The van der Waals surface area contributed by atoms with E-state index in [1.165, 1.54) is 44.2 Å². The fourth-order valence-electron chi connectivity index (χ4n) is 2.97. The molecule has 2 nitrogen and oxygen atoms in total. The van der Waals surface area contributed by atoms with Crippen molar-refractivity contribution in [3.63, 3.8) is 0 Å². The van der Waals surface area contributed by atoms with Gasteiger partial charge in [-0.25, -0.2) is 0 Å². The molecule has 0 saturated heterocycles. The summed E-state index contributed by atoms with van der Waals surface area (Å²) in [5.41, 5.74) is 1.41. The first kappa shape index (κ1) is 15.5. The van der Waals surface area contributed by atoms with E-state index in [4.69, 9.17) is 4.74 Å². The van der Waals surface area contributed by atoms with Crippen molar-refractivity contribution in [2.24, 2.45) is 5.92 Å². The molecule has 2 heteroatoms. The number of rotatable bonds is 9. The van der Waals surface area contributed by atoms with Crippen LogP contribution in [0.4, 0.5) is 0 Å². The van der Waals surface area contributed by atoms with Gasteiger partial charge in [-0.2, -0.15) is 0 Å². The van der Waals surface area contributed by atoms with Crippen molar-refractivity contribution < 1.29 is 4.74 Å². The summed E-state index contributed by atoms with van der Waals surface area (Å²) in [6.45, 7) is 3.91. The molecule has 0 atom stereocenters. The first-order valence-corrected chi connectivity index (χ1v) is 8.27. The Morgan fingerprint density at radius 3 is 2.60 bits per heavy atom. The van der Waals surface area contributed by atoms with Crippen molar-refractivity contribution in [3.05, 3.63) is 35.9 Å². The third-order valence-corrected chi connectivity index (χ3v) is 4.18. The molecule has 1 N–H and O–H groups in total. The molecule has 0 aliphatic heterocycles. The van der Waals surface area contributed by atoms with Gasteiger partial charge in [-0.05, 0) is 43.7 Å². The van der Waals surface area contributed by atoms with Gasteiger partial charge in [0, 0.05) is 13.2 Å². The fourth-order valence-corrected chi connectivity index (χ4v) is 2.97. The Bertz CT molecular complexity index is 333. The maximum Gasteiger partial charge on any atom is 0.0590 e. The van der Waals surface area contributed by atoms with Gasteiger partial charge >= 0.3 is 0 Å². The van der Waals surface area contributed by atoms with E-state index in [9.17, 15) is 0 Å². The Morgan fingerprint density at radius 2 is 1.80 bits per heavy atom. The third kappa shape index (κ3) is 6.53. The van der Waals surface area contributed by atoms with Crippen LogP contribution in [0.5, 0.6) is 0 Å². The van der Waals surface area contributed by atoms with Crippen LogP contribution in [0.15, 0.2) is 30.3 Å². The van der Waals surface area contributed by atoms with Crippen molar-refractivity contribution >= 4 is 0 Å². The van der Waals surface area contributed by atoms with Crippen molar-refractivity contribution in [2.75, 3.05) is 26.3 Å². The highest BCUT2D eigenvalue weighted by molar-refractivity contribution is 5.14. The van der Waals surface area contributed by atoms with Crippen LogP contribution in [-0.4, -0.2) is 26.3 Å². The van der Waals surface area contributed by atoms with Crippen LogP contribution < -0.4 is 5.32 Å². The molecule has 1 aromatic carbocycles. The number of ether oxygens (including phenoxy) is 1. The van der Waals surface area contributed by atoms with Crippen molar-refractivity contribution in [1.29, 1.82) is 0 Å². The zero-order chi connectivity index (χ0) is 13.9. The molecule has 0 aromatic heterocycles. The predicted octanol–water partition coefficient (Wildman–Crippen LogP) is 3.81. The molecule has 0 spiro atoms. The van der Waals surface area contributed by atoms with Crippen molar-refractivity contribution in [1.82, 2.24) is 5.32 Å². The normalized spacial score (nSPS) is 16.4. The van der Waals surface area contributed by atoms with E-state index in [0.29, 0.717) is 0 Å². The lowest BCUT2D eigenvalue weighted by Gasteiger charge is -2.21. The largest absolute Gasteiger partial charge is 0.380 e. The summed E-state index contributed by atoms with van der Waals surface area (Å²) in [5, 5.41) is 3.54. The maximum absolute atomic E-state index is 5.68. The Kier molecular flexibility index (Phi) is 7.73. The molecule has 0 radical (unpaired) electrons. The Hall–Kier alpha value is -0.860. The van der Waals surface area contributed by atoms with E-state index in [1.54, 1.807) is 0 Å². The molecule has 1 saturated carbocycles. The fraction of sp³-hybridized carbons (Fsp3) is 0.667. The molecular weight excluding hydrogens is 246 g/mol. The van der Waals surface area contributed by atoms with Gasteiger partial charge in [-0.3, -0.25) is 0 Å². The molecule has 0 amide bonds. The third-order valence-electron chi connectivity index (χ3n) is 4.18. The SMILES string of the molecule is c1ccc(CCCOCCNCC2CCCCC2)cc1. The average molecular weight is 275 g/mol. The van der Waals surface area contributed by atoms with E-state index in [-0.39, 0.29) is 0 Å². The van der Waals surface area contributed by atoms with Crippen LogP contribution in [-0.2, 0) is 11.2 Å². The highest BCUT2D eigenvalue weighted by Crippen LogP contribution is 2.22. The zero-order valence-corrected chi connectivity index (χ0v) is 12.7. The van der Waals surface area contributed by atoms with Crippen LogP contribution in [0.2, 0.25) is 0 Å². The van der Waals surface area contributed by atoms with Crippen molar-refractivity contribution in [3.8, 4) is 0 Å². The maximum atomic E-state index is 5.68. The summed E-state index contributed by atoms with van der Waals surface area (Å²) >= 11 is 0. The number of benzene rings is 1. The summed E-state index contributed by atoms with van der Waals surface area (Å²) in [4.78, 5) is 0. The molecule has 1 aliphatic carbocycles. The molecule has 1 fully saturated rings. The second-order valence-electron chi connectivity index (χ2n) is 5.91. The van der Waals surface area contributed by atoms with E-state index < -0.39 is 0 Å². The second kappa shape index (κ2) is 9.95. The highest BCUT2D eigenvalue weighted by Gasteiger charge is 2.12. The predicted molar refractivity (Wildman–Crippen MR) is 85.0 cm³/mol. The summed E-state index contributed by atoms with van der Waals surface area (Å²) < 4.78 is 5.68. The summed E-state index contributed by atoms with van der Waals surface area (Å²) in [5.74, 6) is 0.918. The van der Waals surface area contributed by atoms with E-state index in [1.807, 2.05) is 0 Å². The van der Waals surface area contributed by atoms with Gasteiger partial charge in [0.15, 0.2) is 0 Å². The monoisotopic (exact) mass is 275 g/mol. The minimum atomic E-state index is 0.849. The molecule has 0 heterocycles. The second-order valence-corrected chi connectivity index (χ2v) is 5.91. The number of aryl methyl sites for hydroxylation is 1. The quantitative estimate of drug-likeness (QED) is 0.692. The topological polar surface area (TPSA) is 21.3 Å². The lowest BCUT2D eigenvalue weighted by molar-refractivity contribution is 0.132. The summed E-state index contributed by atoms with van der Waals surface area (Å²) in [6.07, 6.45) is 9.39. The number of hydrogen-bond acceptors (Lipinski definition) is 2. The zero-order valence-electron chi connectivity index (χ0n) is 12.7. The first-order chi connectivity index (χ1) is 9.95. The molecule has 1 aliphatic rings. The van der Waals surface area contributed by atoms with Gasteiger partial charge in [-0.1, -0.05) is 49.6 Å². The van der Waals surface area contributed by atoms with Gasteiger partial charge < -0.3 is 10.1 Å². The van der Waals surface area contributed by atoms with Crippen molar-refractivity contribution in [2.45, 2.75) is 44.9 Å². The molecular formula is C18H29NO. The number of hydrogen-bond donors (Lipinski definition) is 1. The molecule has 112 valence electrons. The molecule has 0 unspecified atom stereocenters. The smallest absolute Gasteiger partial charge is 0.0590 e. The Balaban J connectivity index is 1.38. The highest BCUT2D eigenvalue weighted by atomic mass is 16.5. The summed E-state index contributed by atoms with van der Waals surface area (Å²) in [6, 6.07) is 10.6. The molecule has 1 aromatic rings. The Labute approximate surface area is 123 Å². The minimum Gasteiger partial charge on any atom is -0.380 e. The van der Waals surface area contributed by atoms with Gasteiger partial charge in [0.1, 0.15) is 0 Å². The van der Waals surface area contributed by atoms with Gasteiger partial charge in [0.2, 0.25) is 0 Å². The van der Waals surface area contributed by atoms with Gasteiger partial charge in [0.05, 0.1) is 6.61 Å². The van der Waals surface area contributed by atoms with Crippen LogP contribution in [0.25, 0.3) is 0 Å². The molecule has 0 bridgehead atoms. The Morgan fingerprint density at radius 1 is 1.00 bits per heavy atom. The molecule has 20 heavy (non-hydrogen) atoms. The summed E-state index contributed by atoms with van der Waals surface area (Å²) in [7, 11) is 0. The lowest BCUT2D eigenvalue weighted by Crippen LogP contribution is -2.27. The van der Waals surface area contributed by atoms with E-state index >= 15 is 0 Å². The lowest BCUT2D eigenvalue weighted by atomic mass is 9.89. The number of nitrogens with one attached hydrogen (secondary N) is 1. The average Bonchev–Trinajstić information content (AvgIpc) is 2.52. The minimum absolute atomic E-state index is 0.849. The standard InChI is InChI=1S/C18H29NO/c1-3-8-17(9-4-1)12-7-14-20-15-13-19-16-18-10-5-2-6-11-18/h1,3-4,8-9,18-19H,2,5-7,10-16H2. The van der Waals surface area contributed by atoms with Crippen LogP contribution in [0.3, 0.4) is 0 Å². The van der Waals surface area contributed by atoms with Crippen LogP contribution in [0, 0.1) is 5.92 Å². The van der Waals surface area contributed by atoms with E-state index in [2.05, 4.69) is 35.6 Å². The van der Waals surface area contributed by atoms with Gasteiger partial charge in [-0.15, -0.1) is 0 Å². The van der Waals surface area contributed by atoms with Crippen LogP contribution >= 0.6 is 0 Å².